The predicted molar refractivity (Wildman–Crippen MR) is 94.6 cm³/mol. The van der Waals surface area contributed by atoms with Crippen LogP contribution in [-0.4, -0.2) is 40.0 Å². The third-order valence-corrected chi connectivity index (χ3v) is 4.65. The largest absolute Gasteiger partial charge is 0.478 e. The monoisotopic (exact) mass is 340 g/mol. The van der Waals surface area contributed by atoms with Gasteiger partial charge in [-0.15, -0.1) is 0 Å². The van der Waals surface area contributed by atoms with E-state index in [1.54, 1.807) is 13.8 Å². The summed E-state index contributed by atoms with van der Waals surface area (Å²) >= 11 is 0. The van der Waals surface area contributed by atoms with Crippen LogP contribution < -0.4 is 16.4 Å². The van der Waals surface area contributed by atoms with E-state index in [2.05, 4.69) is 24.5 Å². The summed E-state index contributed by atoms with van der Waals surface area (Å²) < 4.78 is 0. The van der Waals surface area contributed by atoms with Gasteiger partial charge >= 0.3 is 5.97 Å². The van der Waals surface area contributed by atoms with Crippen LogP contribution >= 0.6 is 0 Å². The summed E-state index contributed by atoms with van der Waals surface area (Å²) in [5.41, 5.74) is 4.71. The highest BCUT2D eigenvalue weighted by Crippen LogP contribution is 2.32. The number of aliphatic carboxylic acids is 1. The maximum Gasteiger partial charge on any atom is 0.331 e. The number of nitrogens with one attached hydrogen (secondary N) is 3. The summed E-state index contributed by atoms with van der Waals surface area (Å²) in [6, 6.07) is -0.568. The zero-order valence-electron chi connectivity index (χ0n) is 15.1. The van der Waals surface area contributed by atoms with E-state index in [1.807, 2.05) is 6.08 Å². The van der Waals surface area contributed by atoms with Gasteiger partial charge in [-0.3, -0.25) is 10.7 Å². The lowest BCUT2D eigenvalue weighted by Gasteiger charge is -2.41. The molecule has 3 atom stereocenters. The van der Waals surface area contributed by atoms with Gasteiger partial charge < -0.3 is 21.3 Å². The second-order valence-electron chi connectivity index (χ2n) is 7.18. The molecule has 138 valence electrons. The Labute approximate surface area is 144 Å². The highest BCUT2D eigenvalue weighted by Gasteiger charge is 2.38. The number of hydrogen-bond donors (Lipinski definition) is 6. The fourth-order valence-electron chi connectivity index (χ4n) is 3.43. The van der Waals surface area contributed by atoms with Crippen molar-refractivity contribution in [3.05, 3.63) is 11.6 Å². The van der Waals surface area contributed by atoms with Gasteiger partial charge in [0.25, 0.3) is 0 Å². The minimum atomic E-state index is -1.11. The molecule has 1 rings (SSSR count). The average Bonchev–Trinajstić information content (AvgIpc) is 2.45. The van der Waals surface area contributed by atoms with Crippen molar-refractivity contribution in [2.45, 2.75) is 71.2 Å². The van der Waals surface area contributed by atoms with Crippen LogP contribution in [0.25, 0.3) is 0 Å². The first-order valence-electron chi connectivity index (χ1n) is 8.62. The Morgan fingerprint density at radius 3 is 2.46 bits per heavy atom. The molecule has 0 amide bonds. The first-order valence-corrected chi connectivity index (χ1v) is 8.62. The van der Waals surface area contributed by atoms with Crippen LogP contribution in [0, 0.1) is 17.2 Å². The van der Waals surface area contributed by atoms with Crippen molar-refractivity contribution in [2.24, 2.45) is 17.6 Å². The molecule has 24 heavy (non-hydrogen) atoms. The zero-order chi connectivity index (χ0) is 18.5. The van der Waals surface area contributed by atoms with Gasteiger partial charge in [-0.05, 0) is 32.1 Å². The number of carboxylic acids is 1. The first-order chi connectivity index (χ1) is 11.1. The molecule has 0 fully saturated rings. The Balaban J connectivity index is 3.17. The molecule has 0 aliphatic heterocycles. The van der Waals surface area contributed by atoms with Gasteiger partial charge in [0, 0.05) is 24.1 Å². The molecule has 7 N–H and O–H groups in total. The summed E-state index contributed by atoms with van der Waals surface area (Å²) in [6.45, 7) is 7.57. The molecule has 0 bridgehead atoms. The minimum absolute atomic E-state index is 0.0574. The molecule has 0 saturated heterocycles. The van der Waals surface area contributed by atoms with Crippen LogP contribution in [0.15, 0.2) is 11.6 Å². The molecule has 1 aliphatic carbocycles. The average molecular weight is 340 g/mol. The predicted octanol–water partition coefficient (Wildman–Crippen LogP) is 1.38. The van der Waals surface area contributed by atoms with Crippen molar-refractivity contribution in [3.63, 3.8) is 0 Å². The second kappa shape index (κ2) is 8.48. The van der Waals surface area contributed by atoms with Gasteiger partial charge in [-0.2, -0.15) is 0 Å². The molecular formula is C17H32N4O3. The Morgan fingerprint density at radius 1 is 1.46 bits per heavy atom. The third kappa shape index (κ3) is 6.13. The standard InChI is InChI=1S/C17H32N4O3/c1-5-10(6-2)7-11-8-12(15(22)23)9-13(20-16(18)19)14(11)21-17(3,4)24/h8,10-11,13-14,21,24H,5-7,9H2,1-4H3,(H,22,23)(H4,18,19,20)/t11-,13+,14-/m1/s1. The Hall–Kier alpha value is -1.60. The molecule has 0 spiro atoms. The summed E-state index contributed by atoms with van der Waals surface area (Å²) in [5.74, 6) is -0.724. The van der Waals surface area contributed by atoms with Crippen LogP contribution in [0.2, 0.25) is 0 Å². The summed E-state index contributed by atoms with van der Waals surface area (Å²) in [5, 5.41) is 33.2. The van der Waals surface area contributed by atoms with E-state index in [1.165, 1.54) is 0 Å². The maximum atomic E-state index is 11.5. The van der Waals surface area contributed by atoms with Gasteiger partial charge in [-0.1, -0.05) is 32.8 Å². The number of guanidine groups is 1. The van der Waals surface area contributed by atoms with Crippen molar-refractivity contribution < 1.29 is 15.0 Å². The van der Waals surface area contributed by atoms with E-state index in [0.717, 1.165) is 19.3 Å². The zero-order valence-corrected chi connectivity index (χ0v) is 15.1. The van der Waals surface area contributed by atoms with Gasteiger partial charge in [0.1, 0.15) is 5.72 Å². The van der Waals surface area contributed by atoms with Crippen molar-refractivity contribution in [2.75, 3.05) is 0 Å². The number of carboxylic acid groups (broad SMARTS) is 1. The Morgan fingerprint density at radius 2 is 2.04 bits per heavy atom. The molecule has 0 unspecified atom stereocenters. The van der Waals surface area contributed by atoms with E-state index >= 15 is 0 Å². The van der Waals surface area contributed by atoms with Crippen LogP contribution in [0.5, 0.6) is 0 Å². The molecule has 0 aromatic heterocycles. The molecule has 0 heterocycles. The quantitative estimate of drug-likeness (QED) is 0.225. The van der Waals surface area contributed by atoms with E-state index in [0.29, 0.717) is 11.5 Å². The van der Waals surface area contributed by atoms with E-state index in [-0.39, 0.29) is 30.4 Å². The lowest BCUT2D eigenvalue weighted by atomic mass is 9.76. The minimum Gasteiger partial charge on any atom is -0.478 e. The van der Waals surface area contributed by atoms with Crippen molar-refractivity contribution in [3.8, 4) is 0 Å². The number of rotatable bonds is 8. The number of aliphatic hydroxyl groups is 1. The topological polar surface area (TPSA) is 131 Å². The number of nitrogens with two attached hydrogens (primary N) is 1. The molecule has 1 aliphatic rings. The fourth-order valence-corrected chi connectivity index (χ4v) is 3.43. The van der Waals surface area contributed by atoms with E-state index in [4.69, 9.17) is 11.1 Å². The smallest absolute Gasteiger partial charge is 0.331 e. The Bertz CT molecular complexity index is 481. The van der Waals surface area contributed by atoms with Crippen LogP contribution in [0.3, 0.4) is 0 Å². The van der Waals surface area contributed by atoms with Crippen molar-refractivity contribution in [1.82, 2.24) is 10.6 Å². The molecule has 0 aromatic carbocycles. The summed E-state index contributed by atoms with van der Waals surface area (Å²) in [4.78, 5) is 11.5. The van der Waals surface area contributed by atoms with E-state index < -0.39 is 11.7 Å². The maximum absolute atomic E-state index is 11.5. The molecule has 0 radical (unpaired) electrons. The lowest BCUT2D eigenvalue weighted by Crippen LogP contribution is -2.61. The molecule has 7 nitrogen and oxygen atoms in total. The second-order valence-corrected chi connectivity index (χ2v) is 7.18. The van der Waals surface area contributed by atoms with Gasteiger partial charge in [-0.25, -0.2) is 4.79 Å². The lowest BCUT2D eigenvalue weighted by molar-refractivity contribution is -0.133. The summed E-state index contributed by atoms with van der Waals surface area (Å²) in [7, 11) is 0. The third-order valence-electron chi connectivity index (χ3n) is 4.65. The van der Waals surface area contributed by atoms with Gasteiger partial charge in [0.15, 0.2) is 5.96 Å². The molecular weight excluding hydrogens is 308 g/mol. The normalized spacial score (nSPS) is 24.6. The molecule has 0 saturated carbocycles. The fraction of sp³-hybridized carbons (Fsp3) is 0.765. The Kier molecular flexibility index (Phi) is 7.23. The number of carbonyl (C=O) groups is 1. The SMILES string of the molecule is CCC(CC)C[C@@H]1C=C(C(=O)O)C[C@H](NC(=N)N)[C@@H]1NC(C)(C)O. The van der Waals surface area contributed by atoms with Crippen LogP contribution in [0.1, 0.15) is 53.4 Å². The molecule has 7 heteroatoms. The van der Waals surface area contributed by atoms with Crippen molar-refractivity contribution >= 4 is 11.9 Å². The number of hydrogen-bond acceptors (Lipinski definition) is 4. The summed E-state index contributed by atoms with van der Waals surface area (Å²) in [6.07, 6.45) is 4.92. The van der Waals surface area contributed by atoms with Gasteiger partial charge in [0.05, 0.1) is 0 Å². The highest BCUT2D eigenvalue weighted by atomic mass is 16.4. The van der Waals surface area contributed by atoms with E-state index in [9.17, 15) is 15.0 Å². The van der Waals surface area contributed by atoms with Crippen LogP contribution in [0.4, 0.5) is 0 Å². The van der Waals surface area contributed by atoms with Crippen molar-refractivity contribution in [1.29, 1.82) is 5.41 Å². The highest BCUT2D eigenvalue weighted by molar-refractivity contribution is 5.87. The first kappa shape index (κ1) is 20.4. The van der Waals surface area contributed by atoms with Gasteiger partial charge in [0.2, 0.25) is 0 Å². The molecule has 0 aromatic rings. The van der Waals surface area contributed by atoms with Crippen LogP contribution in [-0.2, 0) is 4.79 Å².